The van der Waals surface area contributed by atoms with Crippen molar-refractivity contribution in [2.24, 2.45) is 4.99 Å². The van der Waals surface area contributed by atoms with E-state index in [0.29, 0.717) is 6.54 Å². The van der Waals surface area contributed by atoms with Gasteiger partial charge in [0.15, 0.2) is 0 Å². The lowest BCUT2D eigenvalue weighted by Gasteiger charge is -2.39. The maximum Gasteiger partial charge on any atom is 0.145 e. The normalized spacial score (nSPS) is 12.5. The van der Waals surface area contributed by atoms with Crippen molar-refractivity contribution in [1.82, 2.24) is 9.55 Å². The number of nitrogens with zero attached hydrogens (tertiary/aromatic N) is 6. The molecule has 8 aromatic rings. The van der Waals surface area contributed by atoms with Gasteiger partial charge in [-0.25, -0.2) is 4.98 Å². The number of hydrogen-bond acceptors (Lipinski definition) is 5. The molecule has 0 radical (unpaired) electrons. The van der Waals surface area contributed by atoms with Crippen molar-refractivity contribution in [3.8, 4) is 17.1 Å². The molecule has 2 heterocycles. The summed E-state index contributed by atoms with van der Waals surface area (Å²) in [7, 11) is 0. The highest BCUT2D eigenvalue weighted by Gasteiger charge is 2.26. The number of aliphatic imine (C=N–C) groups is 1. The maximum absolute atomic E-state index is 5.14. The van der Waals surface area contributed by atoms with E-state index in [4.69, 9.17) is 4.98 Å². The molecule has 0 bridgehead atoms. The molecule has 0 unspecified atom stereocenters. The summed E-state index contributed by atoms with van der Waals surface area (Å²) in [6.07, 6.45) is 0. The standard InChI is InChI=1S/C47H38N6/c1-48-41-24-8-10-26-43(41)52(37-18-4-2-5-19-37)34-35-16-14-22-39(32-35)50-30-31-51(46-29-13-12-28-45(46)50)40-23-15-17-36(33-40)47-49-42-25-9-11-27-44(42)53(47)38-20-6-3-7-21-38/h2-29,32-33H,1,30-31,34H2. The van der Waals surface area contributed by atoms with E-state index in [2.05, 4.69) is 201 Å². The zero-order chi connectivity index (χ0) is 35.6. The topological polar surface area (TPSA) is 39.9 Å². The SMILES string of the molecule is C=Nc1ccccc1N(Cc1cccc(N2CCN(c3cccc(-c4nc5ccccc5n4-c4ccccc4)c3)c3ccccc32)c1)c1ccccc1. The predicted molar refractivity (Wildman–Crippen MR) is 221 cm³/mol. The molecule has 0 N–H and O–H groups in total. The molecule has 7 aromatic carbocycles. The van der Waals surface area contributed by atoms with Gasteiger partial charge in [0.25, 0.3) is 0 Å². The average Bonchev–Trinajstić information content (AvgIpc) is 3.63. The van der Waals surface area contributed by atoms with Crippen LogP contribution in [0.3, 0.4) is 0 Å². The first-order chi connectivity index (χ1) is 26.2. The fourth-order valence-corrected chi connectivity index (χ4v) is 7.52. The molecule has 0 fully saturated rings. The Morgan fingerprint density at radius 3 is 1.92 bits per heavy atom. The average molecular weight is 687 g/mol. The van der Waals surface area contributed by atoms with Gasteiger partial charge in [-0.15, -0.1) is 0 Å². The van der Waals surface area contributed by atoms with E-state index in [0.717, 1.165) is 63.9 Å². The van der Waals surface area contributed by atoms with Gasteiger partial charge in [0.2, 0.25) is 0 Å². The number of fused-ring (bicyclic) bond motifs is 2. The van der Waals surface area contributed by atoms with Gasteiger partial charge >= 0.3 is 0 Å². The van der Waals surface area contributed by atoms with E-state index in [1.807, 2.05) is 12.1 Å². The molecule has 1 aliphatic rings. The van der Waals surface area contributed by atoms with Gasteiger partial charge in [-0.05, 0) is 97.2 Å². The number of imidazole rings is 1. The van der Waals surface area contributed by atoms with Crippen LogP contribution in [0.15, 0.2) is 187 Å². The quantitative estimate of drug-likeness (QED) is 0.142. The molecule has 0 atom stereocenters. The highest BCUT2D eigenvalue weighted by atomic mass is 15.3. The Morgan fingerprint density at radius 2 is 1.17 bits per heavy atom. The summed E-state index contributed by atoms with van der Waals surface area (Å²) < 4.78 is 2.26. The Hall–Kier alpha value is -6.92. The minimum absolute atomic E-state index is 0.687. The van der Waals surface area contributed by atoms with E-state index in [1.54, 1.807) is 0 Å². The zero-order valence-corrected chi connectivity index (χ0v) is 29.3. The zero-order valence-electron chi connectivity index (χ0n) is 29.3. The molecule has 6 nitrogen and oxygen atoms in total. The van der Waals surface area contributed by atoms with Crippen LogP contribution < -0.4 is 14.7 Å². The van der Waals surface area contributed by atoms with Crippen molar-refractivity contribution in [2.45, 2.75) is 6.54 Å². The third-order valence-corrected chi connectivity index (χ3v) is 9.98. The van der Waals surface area contributed by atoms with Gasteiger partial charge in [-0.3, -0.25) is 9.56 Å². The van der Waals surface area contributed by atoms with Gasteiger partial charge in [0.05, 0.1) is 33.8 Å². The maximum atomic E-state index is 5.14. The van der Waals surface area contributed by atoms with E-state index in [1.165, 1.54) is 22.6 Å². The molecule has 1 aliphatic heterocycles. The second kappa shape index (κ2) is 14.0. The van der Waals surface area contributed by atoms with Crippen molar-refractivity contribution in [1.29, 1.82) is 0 Å². The van der Waals surface area contributed by atoms with E-state index in [9.17, 15) is 0 Å². The third-order valence-electron chi connectivity index (χ3n) is 9.98. The number of hydrogen-bond donors (Lipinski definition) is 0. The summed E-state index contributed by atoms with van der Waals surface area (Å²) in [6, 6.07) is 64.0. The van der Waals surface area contributed by atoms with Crippen molar-refractivity contribution < 1.29 is 0 Å². The monoisotopic (exact) mass is 686 g/mol. The Kier molecular flexibility index (Phi) is 8.46. The van der Waals surface area contributed by atoms with Crippen LogP contribution in [0.4, 0.5) is 39.8 Å². The molecule has 256 valence electrons. The number of aromatic nitrogens is 2. The van der Waals surface area contributed by atoms with E-state index in [-0.39, 0.29) is 0 Å². The summed E-state index contributed by atoms with van der Waals surface area (Å²) in [6.45, 7) is 6.20. The number of benzene rings is 7. The summed E-state index contributed by atoms with van der Waals surface area (Å²) in [5.74, 6) is 0.930. The molecule has 0 saturated heterocycles. The molecule has 0 aliphatic carbocycles. The number of anilines is 6. The van der Waals surface area contributed by atoms with Crippen LogP contribution in [-0.4, -0.2) is 29.4 Å². The number of para-hydroxylation sites is 8. The van der Waals surface area contributed by atoms with Crippen LogP contribution in [-0.2, 0) is 6.54 Å². The molecule has 0 amide bonds. The molecule has 0 spiro atoms. The van der Waals surface area contributed by atoms with Crippen LogP contribution in [0.1, 0.15) is 5.56 Å². The fraction of sp³-hybridized carbons (Fsp3) is 0.0638. The van der Waals surface area contributed by atoms with Gasteiger partial charge in [-0.2, -0.15) is 0 Å². The lowest BCUT2D eigenvalue weighted by atomic mass is 10.1. The first-order valence-corrected chi connectivity index (χ1v) is 18.0. The third kappa shape index (κ3) is 6.10. The Morgan fingerprint density at radius 1 is 0.566 bits per heavy atom. The summed E-state index contributed by atoms with van der Waals surface area (Å²) in [5, 5.41) is 0. The van der Waals surface area contributed by atoms with Crippen molar-refractivity contribution in [3.63, 3.8) is 0 Å². The highest BCUT2D eigenvalue weighted by molar-refractivity contribution is 5.87. The van der Waals surface area contributed by atoms with E-state index < -0.39 is 0 Å². The smallest absolute Gasteiger partial charge is 0.145 e. The van der Waals surface area contributed by atoms with Gasteiger partial charge in [-0.1, -0.05) is 97.1 Å². The van der Waals surface area contributed by atoms with Crippen molar-refractivity contribution in [3.05, 3.63) is 188 Å². The first-order valence-electron chi connectivity index (χ1n) is 18.0. The van der Waals surface area contributed by atoms with Crippen molar-refractivity contribution in [2.75, 3.05) is 27.8 Å². The molecule has 9 rings (SSSR count). The molecular weight excluding hydrogens is 649 g/mol. The van der Waals surface area contributed by atoms with Gasteiger partial charge < -0.3 is 14.7 Å². The largest absolute Gasteiger partial charge is 0.338 e. The molecule has 53 heavy (non-hydrogen) atoms. The van der Waals surface area contributed by atoms with Crippen LogP contribution in [0.25, 0.3) is 28.1 Å². The lowest BCUT2D eigenvalue weighted by Crippen LogP contribution is -2.36. The predicted octanol–water partition coefficient (Wildman–Crippen LogP) is 11.7. The minimum Gasteiger partial charge on any atom is -0.338 e. The second-order valence-electron chi connectivity index (χ2n) is 13.2. The Balaban J connectivity index is 1.05. The van der Waals surface area contributed by atoms with Gasteiger partial charge in [0.1, 0.15) is 5.82 Å². The fourth-order valence-electron chi connectivity index (χ4n) is 7.52. The lowest BCUT2D eigenvalue weighted by molar-refractivity contribution is 0.848. The van der Waals surface area contributed by atoms with Crippen LogP contribution in [0, 0.1) is 0 Å². The first kappa shape index (κ1) is 32.0. The summed E-state index contributed by atoms with van der Waals surface area (Å²) in [4.78, 5) is 16.7. The molecule has 6 heteroatoms. The summed E-state index contributed by atoms with van der Waals surface area (Å²) >= 11 is 0. The van der Waals surface area contributed by atoms with Crippen LogP contribution in [0.5, 0.6) is 0 Å². The molecule has 1 aromatic heterocycles. The second-order valence-corrected chi connectivity index (χ2v) is 13.2. The Labute approximate surface area is 310 Å². The van der Waals surface area contributed by atoms with Crippen LogP contribution in [0.2, 0.25) is 0 Å². The van der Waals surface area contributed by atoms with Gasteiger partial charge in [0, 0.05) is 47.9 Å². The summed E-state index contributed by atoms with van der Waals surface area (Å²) in [5.41, 5.74) is 13.1. The highest BCUT2D eigenvalue weighted by Crippen LogP contribution is 2.43. The molecular formula is C47H38N6. The minimum atomic E-state index is 0.687. The Bertz CT molecular complexity index is 2540. The van der Waals surface area contributed by atoms with Crippen LogP contribution >= 0.6 is 0 Å². The van der Waals surface area contributed by atoms with Crippen molar-refractivity contribution >= 4 is 57.6 Å². The molecule has 0 saturated carbocycles. The van der Waals surface area contributed by atoms with E-state index >= 15 is 0 Å². The number of rotatable bonds is 9.